The molecule has 0 radical (unpaired) electrons. The Morgan fingerprint density at radius 3 is 2.80 bits per heavy atom. The Morgan fingerprint density at radius 2 is 2.07 bits per heavy atom. The number of ether oxygens (including phenoxy) is 1. The second kappa shape index (κ2) is 7.68. The molecule has 156 valence electrons. The van der Waals surface area contributed by atoms with Crippen LogP contribution in [-0.4, -0.2) is 49.4 Å². The lowest BCUT2D eigenvalue weighted by Crippen LogP contribution is -2.59. The fraction of sp³-hybridized carbons (Fsp3) is 0.409. The zero-order valence-electron chi connectivity index (χ0n) is 16.7. The van der Waals surface area contributed by atoms with Crippen molar-refractivity contribution in [2.45, 2.75) is 50.0 Å². The van der Waals surface area contributed by atoms with E-state index in [-0.39, 0.29) is 11.8 Å². The van der Waals surface area contributed by atoms with Gasteiger partial charge in [0.1, 0.15) is 11.9 Å². The molecule has 2 aromatic heterocycles. The quantitative estimate of drug-likeness (QED) is 0.688. The fourth-order valence-corrected chi connectivity index (χ4v) is 4.45. The number of phenolic OH excluding ortho intramolecular Hbond substituents is 1. The molecule has 2 fully saturated rings. The molecule has 0 spiro atoms. The van der Waals surface area contributed by atoms with Crippen molar-refractivity contribution in [2.75, 3.05) is 0 Å². The van der Waals surface area contributed by atoms with Gasteiger partial charge in [-0.2, -0.15) is 5.10 Å². The van der Waals surface area contributed by atoms with E-state index in [0.29, 0.717) is 29.6 Å². The summed E-state index contributed by atoms with van der Waals surface area (Å²) in [6.45, 7) is 0. The zero-order valence-corrected chi connectivity index (χ0v) is 16.7. The molecule has 8 heteroatoms. The van der Waals surface area contributed by atoms with E-state index in [1.54, 1.807) is 35.1 Å². The zero-order chi connectivity index (χ0) is 20.7. The first-order valence-electron chi connectivity index (χ1n) is 10.3. The highest BCUT2D eigenvalue weighted by molar-refractivity contribution is 5.73. The van der Waals surface area contributed by atoms with Crippen LogP contribution in [0.1, 0.15) is 25.7 Å². The summed E-state index contributed by atoms with van der Waals surface area (Å²) in [6.07, 6.45) is 5.67. The molecule has 0 unspecified atom stereocenters. The molecule has 3 aromatic rings. The molecule has 5 rings (SSSR count). The normalized spacial score (nSPS) is 25.8. The van der Waals surface area contributed by atoms with Gasteiger partial charge in [-0.1, -0.05) is 12.5 Å². The van der Waals surface area contributed by atoms with Gasteiger partial charge in [0.25, 0.3) is 0 Å². The van der Waals surface area contributed by atoms with Crippen LogP contribution in [-0.2, 0) is 7.05 Å². The second-order valence-corrected chi connectivity index (χ2v) is 8.13. The minimum Gasteiger partial charge on any atom is -0.507 e. The maximum atomic E-state index is 14.7. The number of halogens is 1. The highest BCUT2D eigenvalue weighted by Crippen LogP contribution is 2.33. The Labute approximate surface area is 173 Å². The molecule has 4 atom stereocenters. The number of rotatable bonds is 4. The van der Waals surface area contributed by atoms with E-state index >= 15 is 0 Å². The van der Waals surface area contributed by atoms with Crippen LogP contribution >= 0.6 is 0 Å². The van der Waals surface area contributed by atoms with Gasteiger partial charge in [0.05, 0.1) is 11.9 Å². The number of hydrogen-bond acceptors (Lipinski definition) is 6. The molecule has 2 N–H and O–H groups in total. The average Bonchev–Trinajstić information content (AvgIpc) is 3.19. The molecule has 7 nitrogen and oxygen atoms in total. The molecule has 2 aliphatic rings. The molecule has 2 aliphatic heterocycles. The van der Waals surface area contributed by atoms with E-state index in [4.69, 9.17) is 4.74 Å². The van der Waals surface area contributed by atoms with Crippen molar-refractivity contribution in [1.82, 2.24) is 25.3 Å². The van der Waals surface area contributed by atoms with E-state index in [2.05, 4.69) is 20.6 Å². The van der Waals surface area contributed by atoms with Crippen LogP contribution in [0, 0.1) is 0 Å². The van der Waals surface area contributed by atoms with Crippen LogP contribution < -0.4 is 10.1 Å². The number of aryl methyl sites for hydroxylation is 1. The number of phenols is 1. The Bertz CT molecular complexity index is 1040. The first-order valence-corrected chi connectivity index (χ1v) is 10.3. The summed E-state index contributed by atoms with van der Waals surface area (Å²) in [4.78, 5) is 0. The van der Waals surface area contributed by atoms with Gasteiger partial charge < -0.3 is 15.2 Å². The Morgan fingerprint density at radius 1 is 1.17 bits per heavy atom. The van der Waals surface area contributed by atoms with Crippen LogP contribution in [0.5, 0.6) is 11.6 Å². The number of nitrogens with zero attached hydrogens (tertiary/aromatic N) is 4. The van der Waals surface area contributed by atoms with Crippen LogP contribution in [0.4, 0.5) is 4.39 Å². The van der Waals surface area contributed by atoms with E-state index in [1.807, 2.05) is 19.3 Å². The molecular weight excluding hydrogens is 385 g/mol. The van der Waals surface area contributed by atoms with Crippen LogP contribution in [0.25, 0.3) is 22.4 Å². The summed E-state index contributed by atoms with van der Waals surface area (Å²) in [6, 6.07) is 8.97. The van der Waals surface area contributed by atoms with Gasteiger partial charge in [0.2, 0.25) is 5.88 Å². The lowest BCUT2D eigenvalue weighted by atomic mass is 9.84. The predicted octanol–water partition coefficient (Wildman–Crippen LogP) is 3.25. The van der Waals surface area contributed by atoms with E-state index in [1.165, 1.54) is 0 Å². The topological polar surface area (TPSA) is 85.1 Å². The SMILES string of the molecule is Cn1cc(-c2ccc(-c3ccc(O[C@H]4C[C@@H]5CCC[C@@H](N5)[C@@H]4F)nn3)c(O)c2)cn1. The molecule has 2 bridgehead atoms. The number of aromatic hydroxyl groups is 1. The maximum absolute atomic E-state index is 14.7. The van der Waals surface area contributed by atoms with Gasteiger partial charge in [-0.25, -0.2) is 4.39 Å². The molecule has 2 saturated heterocycles. The standard InChI is InChI=1S/C22H24FN5O2/c1-28-12-14(11-24-28)13-5-6-16(19(29)9-13)17-7-8-21(27-26-17)30-20-10-15-3-2-4-18(25-15)22(20)23/h5-9,11-12,15,18,20,22,25,29H,2-4,10H2,1H3/t15-,18+,20-,22-/m0/s1. The first kappa shape index (κ1) is 19.0. The number of benzene rings is 1. The summed E-state index contributed by atoms with van der Waals surface area (Å²) in [5.74, 6) is 0.409. The van der Waals surface area contributed by atoms with Crippen LogP contribution in [0.2, 0.25) is 0 Å². The van der Waals surface area contributed by atoms with Crippen molar-refractivity contribution in [2.24, 2.45) is 7.05 Å². The smallest absolute Gasteiger partial charge is 0.233 e. The van der Waals surface area contributed by atoms with Gasteiger partial charge in [-0.15, -0.1) is 10.2 Å². The van der Waals surface area contributed by atoms with Crippen molar-refractivity contribution in [1.29, 1.82) is 0 Å². The van der Waals surface area contributed by atoms with Gasteiger partial charge in [0.15, 0.2) is 6.17 Å². The van der Waals surface area contributed by atoms with Gasteiger partial charge in [0, 0.05) is 48.9 Å². The Kier molecular flexibility index (Phi) is 4.86. The number of nitrogens with one attached hydrogen (secondary N) is 1. The molecule has 1 aromatic carbocycles. The van der Waals surface area contributed by atoms with Gasteiger partial charge >= 0.3 is 0 Å². The lowest BCUT2D eigenvalue weighted by Gasteiger charge is -2.42. The van der Waals surface area contributed by atoms with Gasteiger partial charge in [-0.3, -0.25) is 4.68 Å². The van der Waals surface area contributed by atoms with E-state index in [0.717, 1.165) is 30.4 Å². The number of alkyl halides is 1. The van der Waals surface area contributed by atoms with Crippen molar-refractivity contribution >= 4 is 0 Å². The molecule has 0 aliphatic carbocycles. The summed E-state index contributed by atoms with van der Waals surface area (Å²) < 4.78 is 22.3. The van der Waals surface area contributed by atoms with Crippen LogP contribution in [0.3, 0.4) is 0 Å². The van der Waals surface area contributed by atoms with Crippen molar-refractivity contribution in [3.05, 3.63) is 42.7 Å². The van der Waals surface area contributed by atoms with Gasteiger partial charge in [-0.05, 0) is 36.6 Å². The third kappa shape index (κ3) is 3.63. The minimum absolute atomic E-state index is 0.106. The van der Waals surface area contributed by atoms with Crippen molar-refractivity contribution < 1.29 is 14.2 Å². The molecule has 4 heterocycles. The number of piperidine rings is 2. The highest BCUT2D eigenvalue weighted by Gasteiger charge is 2.41. The molecule has 30 heavy (non-hydrogen) atoms. The number of fused-ring (bicyclic) bond motifs is 2. The largest absolute Gasteiger partial charge is 0.507 e. The molecule has 0 amide bonds. The summed E-state index contributed by atoms with van der Waals surface area (Å²) in [5, 5.41) is 26.3. The third-order valence-electron chi connectivity index (χ3n) is 6.00. The number of aromatic nitrogens is 4. The lowest BCUT2D eigenvalue weighted by molar-refractivity contribution is 0.00652. The molecular formula is C22H24FN5O2. The summed E-state index contributed by atoms with van der Waals surface area (Å²) >= 11 is 0. The van der Waals surface area contributed by atoms with Crippen molar-refractivity contribution in [3.8, 4) is 34.0 Å². The first-order chi connectivity index (χ1) is 14.6. The Hall–Kier alpha value is -3.00. The third-order valence-corrected chi connectivity index (χ3v) is 6.00. The monoisotopic (exact) mass is 409 g/mol. The summed E-state index contributed by atoms with van der Waals surface area (Å²) in [7, 11) is 1.85. The predicted molar refractivity (Wildman–Crippen MR) is 110 cm³/mol. The van der Waals surface area contributed by atoms with E-state index < -0.39 is 12.3 Å². The summed E-state index contributed by atoms with van der Waals surface area (Å²) in [5.41, 5.74) is 2.88. The van der Waals surface area contributed by atoms with Crippen molar-refractivity contribution in [3.63, 3.8) is 0 Å². The maximum Gasteiger partial charge on any atom is 0.233 e. The Balaban J connectivity index is 1.31. The average molecular weight is 409 g/mol. The highest BCUT2D eigenvalue weighted by atomic mass is 19.1. The minimum atomic E-state index is -1.05. The second-order valence-electron chi connectivity index (χ2n) is 8.13. The molecule has 0 saturated carbocycles. The fourth-order valence-electron chi connectivity index (χ4n) is 4.45. The van der Waals surface area contributed by atoms with Crippen LogP contribution in [0.15, 0.2) is 42.7 Å². The number of hydrogen-bond donors (Lipinski definition) is 2. The van der Waals surface area contributed by atoms with E-state index in [9.17, 15) is 9.50 Å².